The Kier molecular flexibility index (Phi) is 5.15. The van der Waals surface area contributed by atoms with Crippen LogP contribution in [0.2, 0.25) is 5.02 Å². The van der Waals surface area contributed by atoms with E-state index in [0.29, 0.717) is 18.1 Å². The lowest BCUT2D eigenvalue weighted by atomic mass is 10.1. The number of halogens is 2. The third-order valence-corrected chi connectivity index (χ3v) is 3.86. The van der Waals surface area contributed by atoms with Crippen LogP contribution in [0, 0.1) is 5.82 Å². The first-order chi connectivity index (χ1) is 9.61. The fourth-order valence-electron chi connectivity index (χ4n) is 2.33. The molecule has 0 atom stereocenters. The second kappa shape index (κ2) is 6.86. The van der Waals surface area contributed by atoms with Crippen molar-refractivity contribution < 1.29 is 9.18 Å². The van der Waals surface area contributed by atoms with Crippen LogP contribution in [-0.2, 0) is 11.2 Å². The van der Waals surface area contributed by atoms with Gasteiger partial charge in [-0.05, 0) is 12.1 Å². The van der Waals surface area contributed by atoms with Crippen molar-refractivity contribution in [3.63, 3.8) is 0 Å². The highest BCUT2D eigenvalue weighted by atomic mass is 35.5. The fourth-order valence-corrected chi connectivity index (χ4v) is 2.56. The van der Waals surface area contributed by atoms with Gasteiger partial charge in [-0.2, -0.15) is 0 Å². The number of carbonyl (C=O) groups is 1. The van der Waals surface area contributed by atoms with E-state index in [2.05, 4.69) is 11.5 Å². The molecule has 0 bridgehead atoms. The van der Waals surface area contributed by atoms with Gasteiger partial charge in [-0.15, -0.1) is 6.58 Å². The Morgan fingerprint density at radius 3 is 2.65 bits per heavy atom. The third kappa shape index (κ3) is 3.58. The van der Waals surface area contributed by atoms with Gasteiger partial charge >= 0.3 is 0 Å². The topological polar surface area (TPSA) is 23.6 Å². The van der Waals surface area contributed by atoms with Crippen LogP contribution in [0.5, 0.6) is 0 Å². The highest BCUT2D eigenvalue weighted by molar-refractivity contribution is 6.31. The van der Waals surface area contributed by atoms with Crippen molar-refractivity contribution in [3.05, 3.63) is 47.3 Å². The zero-order valence-corrected chi connectivity index (χ0v) is 12.1. The molecule has 1 saturated heterocycles. The van der Waals surface area contributed by atoms with E-state index in [-0.39, 0.29) is 17.9 Å². The summed E-state index contributed by atoms with van der Waals surface area (Å²) in [6.07, 6.45) is 1.88. The average Bonchev–Trinajstić information content (AvgIpc) is 2.44. The van der Waals surface area contributed by atoms with Crippen LogP contribution < -0.4 is 0 Å². The maximum atomic E-state index is 13.7. The first-order valence-electron chi connectivity index (χ1n) is 6.65. The molecule has 3 nitrogen and oxygen atoms in total. The Hall–Kier alpha value is -1.39. The van der Waals surface area contributed by atoms with Gasteiger partial charge in [0.1, 0.15) is 5.82 Å². The molecule has 1 aromatic rings. The summed E-state index contributed by atoms with van der Waals surface area (Å²) in [4.78, 5) is 16.2. The average molecular weight is 297 g/mol. The molecule has 108 valence electrons. The van der Waals surface area contributed by atoms with Gasteiger partial charge < -0.3 is 4.90 Å². The summed E-state index contributed by atoms with van der Waals surface area (Å²) in [7, 11) is 0. The predicted molar refractivity (Wildman–Crippen MR) is 78.3 cm³/mol. The van der Waals surface area contributed by atoms with E-state index < -0.39 is 5.82 Å². The number of piperazine rings is 1. The molecule has 1 amide bonds. The Balaban J connectivity index is 1.95. The summed E-state index contributed by atoms with van der Waals surface area (Å²) in [6.45, 7) is 7.52. The first-order valence-corrected chi connectivity index (χ1v) is 7.03. The number of hydrogen-bond acceptors (Lipinski definition) is 2. The van der Waals surface area contributed by atoms with Crippen LogP contribution >= 0.6 is 11.6 Å². The molecule has 1 aromatic carbocycles. The van der Waals surface area contributed by atoms with Gasteiger partial charge in [0.2, 0.25) is 5.91 Å². The Labute approximate surface area is 123 Å². The van der Waals surface area contributed by atoms with Crippen molar-refractivity contribution in [3.8, 4) is 0 Å². The van der Waals surface area contributed by atoms with Gasteiger partial charge in [0.15, 0.2) is 0 Å². The summed E-state index contributed by atoms with van der Waals surface area (Å²) in [5.41, 5.74) is 0.285. The molecule has 5 heteroatoms. The first kappa shape index (κ1) is 15.0. The monoisotopic (exact) mass is 296 g/mol. The van der Waals surface area contributed by atoms with Gasteiger partial charge in [-0.25, -0.2) is 4.39 Å². The Bertz CT molecular complexity index is 478. The summed E-state index contributed by atoms with van der Waals surface area (Å²) < 4.78 is 13.7. The second-order valence-electron chi connectivity index (χ2n) is 4.85. The van der Waals surface area contributed by atoms with E-state index in [4.69, 9.17) is 11.6 Å². The SMILES string of the molecule is C=CCN1CCN(C(=O)Cc2c(F)cccc2Cl)CC1. The van der Waals surface area contributed by atoms with Crippen LogP contribution in [0.1, 0.15) is 5.56 Å². The molecule has 1 heterocycles. The molecule has 0 aliphatic carbocycles. The Morgan fingerprint density at radius 1 is 1.35 bits per heavy atom. The van der Waals surface area contributed by atoms with Crippen LogP contribution in [-0.4, -0.2) is 48.4 Å². The normalized spacial score (nSPS) is 16.2. The number of rotatable bonds is 4. The largest absolute Gasteiger partial charge is 0.340 e. The predicted octanol–water partition coefficient (Wildman–Crippen LogP) is 2.35. The zero-order chi connectivity index (χ0) is 14.5. The van der Waals surface area contributed by atoms with Crippen molar-refractivity contribution in [2.75, 3.05) is 32.7 Å². The summed E-state index contributed by atoms with van der Waals surface area (Å²) in [5.74, 6) is -0.494. The van der Waals surface area contributed by atoms with Crippen molar-refractivity contribution >= 4 is 17.5 Å². The summed E-state index contributed by atoms with van der Waals surface area (Å²) in [5, 5.41) is 0.309. The van der Waals surface area contributed by atoms with E-state index in [9.17, 15) is 9.18 Å². The van der Waals surface area contributed by atoms with Crippen LogP contribution in [0.15, 0.2) is 30.9 Å². The van der Waals surface area contributed by atoms with Crippen LogP contribution in [0.4, 0.5) is 4.39 Å². The van der Waals surface area contributed by atoms with Crippen molar-refractivity contribution in [1.82, 2.24) is 9.80 Å². The lowest BCUT2D eigenvalue weighted by molar-refractivity contribution is -0.132. The summed E-state index contributed by atoms with van der Waals surface area (Å²) in [6, 6.07) is 4.48. The molecule has 1 aliphatic heterocycles. The molecule has 1 aliphatic rings. The smallest absolute Gasteiger partial charge is 0.227 e. The minimum absolute atomic E-state index is 0.0208. The maximum absolute atomic E-state index is 13.7. The molecular formula is C15H18ClFN2O. The lowest BCUT2D eigenvalue weighted by Crippen LogP contribution is -2.49. The van der Waals surface area contributed by atoms with Gasteiger partial charge in [-0.3, -0.25) is 9.69 Å². The van der Waals surface area contributed by atoms with Gasteiger partial charge in [0.05, 0.1) is 6.42 Å². The van der Waals surface area contributed by atoms with Crippen LogP contribution in [0.3, 0.4) is 0 Å². The number of amides is 1. The van der Waals surface area contributed by atoms with Gasteiger partial charge in [0, 0.05) is 43.3 Å². The molecule has 0 N–H and O–H groups in total. The molecule has 0 saturated carbocycles. The van der Waals surface area contributed by atoms with E-state index in [1.54, 1.807) is 17.0 Å². The maximum Gasteiger partial charge on any atom is 0.227 e. The summed E-state index contributed by atoms with van der Waals surface area (Å²) >= 11 is 5.95. The highest BCUT2D eigenvalue weighted by Gasteiger charge is 2.22. The van der Waals surface area contributed by atoms with Crippen molar-refractivity contribution in [2.24, 2.45) is 0 Å². The third-order valence-electron chi connectivity index (χ3n) is 3.50. The molecule has 2 rings (SSSR count). The number of carbonyl (C=O) groups excluding carboxylic acids is 1. The lowest BCUT2D eigenvalue weighted by Gasteiger charge is -2.34. The minimum atomic E-state index is -0.420. The van der Waals surface area contributed by atoms with Gasteiger partial charge in [-0.1, -0.05) is 23.7 Å². The van der Waals surface area contributed by atoms with E-state index >= 15 is 0 Å². The standard InChI is InChI=1S/C15H18ClFN2O/c1-2-6-18-7-9-19(10-8-18)15(20)11-12-13(16)4-3-5-14(12)17/h2-5H,1,6-11H2. The number of nitrogens with zero attached hydrogens (tertiary/aromatic N) is 2. The van der Waals surface area contributed by atoms with E-state index in [0.717, 1.165) is 19.6 Å². The Morgan fingerprint density at radius 2 is 2.05 bits per heavy atom. The molecule has 1 fully saturated rings. The molecule has 0 aromatic heterocycles. The van der Waals surface area contributed by atoms with Crippen molar-refractivity contribution in [1.29, 1.82) is 0 Å². The van der Waals surface area contributed by atoms with E-state index in [1.165, 1.54) is 6.07 Å². The molecular weight excluding hydrogens is 279 g/mol. The molecule has 20 heavy (non-hydrogen) atoms. The second-order valence-corrected chi connectivity index (χ2v) is 5.25. The minimum Gasteiger partial charge on any atom is -0.340 e. The zero-order valence-electron chi connectivity index (χ0n) is 11.3. The fraction of sp³-hybridized carbons (Fsp3) is 0.400. The quantitative estimate of drug-likeness (QED) is 0.796. The van der Waals surface area contributed by atoms with Crippen molar-refractivity contribution in [2.45, 2.75) is 6.42 Å². The molecule has 0 spiro atoms. The number of hydrogen-bond donors (Lipinski definition) is 0. The van der Waals surface area contributed by atoms with E-state index in [1.807, 2.05) is 6.08 Å². The van der Waals surface area contributed by atoms with Crippen LogP contribution in [0.25, 0.3) is 0 Å². The number of benzene rings is 1. The molecule has 0 radical (unpaired) electrons. The van der Waals surface area contributed by atoms with Gasteiger partial charge in [0.25, 0.3) is 0 Å². The molecule has 0 unspecified atom stereocenters. The highest BCUT2D eigenvalue weighted by Crippen LogP contribution is 2.20.